The normalized spacial score (nSPS) is 16.0. The van der Waals surface area contributed by atoms with Gasteiger partial charge in [-0.25, -0.2) is 0 Å². The van der Waals surface area contributed by atoms with Gasteiger partial charge < -0.3 is 5.32 Å². The monoisotopic (exact) mass is 226 g/mol. The van der Waals surface area contributed by atoms with Crippen LogP contribution in [0.15, 0.2) is 11.2 Å². The molecule has 0 aliphatic heterocycles. The number of aromatic amines is 1. The van der Waals surface area contributed by atoms with Crippen LogP contribution in [0, 0.1) is 5.92 Å². The number of hydrogen-bond donors (Lipinski definition) is 2. The standard InChI is InChI=1S/C9H14N4OS/c14-8(10-4-7-2-1-3-7)6-15-9-5-11-13-12-9/h5,7H,1-4,6H2,(H,10,14)(H,11,12,13). The molecule has 82 valence electrons. The summed E-state index contributed by atoms with van der Waals surface area (Å²) in [7, 11) is 0. The van der Waals surface area contributed by atoms with Gasteiger partial charge >= 0.3 is 0 Å². The Hall–Kier alpha value is -1.04. The third-order valence-corrected chi connectivity index (χ3v) is 3.46. The van der Waals surface area contributed by atoms with Gasteiger partial charge in [0, 0.05) is 6.54 Å². The Kier molecular flexibility index (Phi) is 3.60. The van der Waals surface area contributed by atoms with E-state index in [9.17, 15) is 4.79 Å². The second-order valence-electron chi connectivity index (χ2n) is 3.70. The van der Waals surface area contributed by atoms with E-state index < -0.39 is 0 Å². The smallest absolute Gasteiger partial charge is 0.230 e. The second-order valence-corrected chi connectivity index (χ2v) is 4.69. The van der Waals surface area contributed by atoms with Gasteiger partial charge in [-0.3, -0.25) is 4.79 Å². The number of H-pyrrole nitrogens is 1. The molecular formula is C9H14N4OS. The molecule has 0 spiro atoms. The van der Waals surface area contributed by atoms with E-state index in [1.54, 1.807) is 6.20 Å². The first-order valence-electron chi connectivity index (χ1n) is 5.10. The minimum atomic E-state index is 0.0786. The average molecular weight is 226 g/mol. The van der Waals surface area contributed by atoms with Gasteiger partial charge in [-0.05, 0) is 18.8 Å². The maximum Gasteiger partial charge on any atom is 0.230 e. The topological polar surface area (TPSA) is 70.7 Å². The lowest BCUT2D eigenvalue weighted by Crippen LogP contribution is -2.33. The van der Waals surface area contributed by atoms with Crippen LogP contribution in [0.5, 0.6) is 0 Å². The van der Waals surface area contributed by atoms with Gasteiger partial charge in [0.1, 0.15) is 5.03 Å². The lowest BCUT2D eigenvalue weighted by atomic mass is 9.85. The number of carbonyl (C=O) groups excluding carboxylic acids is 1. The van der Waals surface area contributed by atoms with Crippen LogP contribution in [0.25, 0.3) is 0 Å². The van der Waals surface area contributed by atoms with E-state index in [0.29, 0.717) is 11.7 Å². The highest BCUT2D eigenvalue weighted by atomic mass is 32.2. The zero-order valence-corrected chi connectivity index (χ0v) is 9.22. The van der Waals surface area contributed by atoms with Crippen molar-refractivity contribution in [3.05, 3.63) is 6.20 Å². The molecule has 2 rings (SSSR count). The lowest BCUT2D eigenvalue weighted by Gasteiger charge is -2.25. The van der Waals surface area contributed by atoms with Gasteiger partial charge in [0.25, 0.3) is 0 Å². The number of rotatable bonds is 5. The molecule has 2 N–H and O–H groups in total. The molecule has 1 aromatic heterocycles. The van der Waals surface area contributed by atoms with Gasteiger partial charge in [0.15, 0.2) is 0 Å². The zero-order valence-electron chi connectivity index (χ0n) is 8.40. The highest BCUT2D eigenvalue weighted by Gasteiger charge is 2.17. The molecular weight excluding hydrogens is 212 g/mol. The van der Waals surface area contributed by atoms with Crippen molar-refractivity contribution in [2.24, 2.45) is 5.92 Å². The minimum absolute atomic E-state index is 0.0786. The van der Waals surface area contributed by atoms with E-state index in [1.807, 2.05) is 0 Å². The van der Waals surface area contributed by atoms with Crippen molar-refractivity contribution in [1.29, 1.82) is 0 Å². The van der Waals surface area contributed by atoms with E-state index in [1.165, 1.54) is 31.0 Å². The van der Waals surface area contributed by atoms with Crippen LogP contribution in [0.1, 0.15) is 19.3 Å². The van der Waals surface area contributed by atoms with Crippen LogP contribution in [-0.4, -0.2) is 33.6 Å². The van der Waals surface area contributed by atoms with Crippen molar-refractivity contribution in [2.45, 2.75) is 24.3 Å². The number of nitrogens with one attached hydrogen (secondary N) is 2. The summed E-state index contributed by atoms with van der Waals surface area (Å²) in [5.41, 5.74) is 0. The fourth-order valence-corrected chi connectivity index (χ4v) is 2.02. The molecule has 0 saturated heterocycles. The Labute approximate surface area is 92.4 Å². The molecule has 0 unspecified atom stereocenters. The van der Waals surface area contributed by atoms with E-state index in [2.05, 4.69) is 20.7 Å². The van der Waals surface area contributed by atoms with Gasteiger partial charge in [-0.15, -0.1) is 5.10 Å². The molecule has 1 saturated carbocycles. The SMILES string of the molecule is O=C(CSc1cn[nH]n1)NCC1CCC1. The van der Waals surface area contributed by atoms with Crippen molar-refractivity contribution >= 4 is 17.7 Å². The first kappa shape index (κ1) is 10.5. The Morgan fingerprint density at radius 2 is 2.53 bits per heavy atom. The van der Waals surface area contributed by atoms with E-state index in [4.69, 9.17) is 0 Å². The Morgan fingerprint density at radius 3 is 3.13 bits per heavy atom. The van der Waals surface area contributed by atoms with Crippen LogP contribution in [0.3, 0.4) is 0 Å². The zero-order chi connectivity index (χ0) is 10.5. The fraction of sp³-hybridized carbons (Fsp3) is 0.667. The highest BCUT2D eigenvalue weighted by molar-refractivity contribution is 7.99. The molecule has 0 atom stereocenters. The van der Waals surface area contributed by atoms with Gasteiger partial charge in [-0.1, -0.05) is 18.2 Å². The molecule has 0 aromatic carbocycles. The maximum absolute atomic E-state index is 11.4. The predicted molar refractivity (Wildman–Crippen MR) is 57.5 cm³/mol. The first-order valence-corrected chi connectivity index (χ1v) is 6.08. The third-order valence-electron chi connectivity index (χ3n) is 2.56. The summed E-state index contributed by atoms with van der Waals surface area (Å²) in [6, 6.07) is 0. The molecule has 15 heavy (non-hydrogen) atoms. The van der Waals surface area contributed by atoms with Gasteiger partial charge in [0.05, 0.1) is 11.9 Å². The minimum Gasteiger partial charge on any atom is -0.355 e. The van der Waals surface area contributed by atoms with Crippen LogP contribution >= 0.6 is 11.8 Å². The number of hydrogen-bond acceptors (Lipinski definition) is 4. The predicted octanol–water partition coefficient (Wildman–Crippen LogP) is 0.813. The van der Waals surface area contributed by atoms with Crippen molar-refractivity contribution in [3.8, 4) is 0 Å². The molecule has 1 aromatic rings. The van der Waals surface area contributed by atoms with Crippen LogP contribution < -0.4 is 5.32 Å². The van der Waals surface area contributed by atoms with Gasteiger partial charge in [-0.2, -0.15) is 10.3 Å². The summed E-state index contributed by atoms with van der Waals surface area (Å²) in [4.78, 5) is 11.4. The summed E-state index contributed by atoms with van der Waals surface area (Å²) in [5.74, 6) is 1.21. The van der Waals surface area contributed by atoms with Crippen molar-refractivity contribution in [3.63, 3.8) is 0 Å². The Bertz CT molecular complexity index is 310. The number of aromatic nitrogens is 3. The fourth-order valence-electron chi connectivity index (χ4n) is 1.41. The van der Waals surface area contributed by atoms with E-state index in [-0.39, 0.29) is 5.91 Å². The van der Waals surface area contributed by atoms with Crippen LogP contribution in [0.4, 0.5) is 0 Å². The third kappa shape index (κ3) is 3.23. The number of thioether (sulfide) groups is 1. The van der Waals surface area contributed by atoms with E-state index in [0.717, 1.165) is 11.6 Å². The molecule has 6 heteroatoms. The molecule has 0 radical (unpaired) electrons. The summed E-state index contributed by atoms with van der Waals surface area (Å²) in [5, 5.41) is 13.7. The largest absolute Gasteiger partial charge is 0.355 e. The maximum atomic E-state index is 11.4. The highest BCUT2D eigenvalue weighted by Crippen LogP contribution is 2.25. The molecule has 1 heterocycles. The Morgan fingerprint density at radius 1 is 1.67 bits per heavy atom. The molecule has 1 aliphatic rings. The van der Waals surface area contributed by atoms with Crippen molar-refractivity contribution in [1.82, 2.24) is 20.7 Å². The van der Waals surface area contributed by atoms with Crippen molar-refractivity contribution in [2.75, 3.05) is 12.3 Å². The van der Waals surface area contributed by atoms with Crippen LogP contribution in [-0.2, 0) is 4.79 Å². The van der Waals surface area contributed by atoms with Gasteiger partial charge in [0.2, 0.25) is 5.91 Å². The molecule has 5 nitrogen and oxygen atoms in total. The Balaban J connectivity index is 1.60. The quantitative estimate of drug-likeness (QED) is 0.729. The average Bonchev–Trinajstić information content (AvgIpc) is 2.64. The summed E-state index contributed by atoms with van der Waals surface area (Å²) < 4.78 is 0. The summed E-state index contributed by atoms with van der Waals surface area (Å²) >= 11 is 1.40. The lowest BCUT2D eigenvalue weighted by molar-refractivity contribution is -0.118. The number of carbonyl (C=O) groups is 1. The molecule has 1 amide bonds. The second kappa shape index (κ2) is 5.16. The first-order chi connectivity index (χ1) is 7.34. The van der Waals surface area contributed by atoms with Crippen LogP contribution in [0.2, 0.25) is 0 Å². The summed E-state index contributed by atoms with van der Waals surface area (Å²) in [6.07, 6.45) is 5.45. The molecule has 1 fully saturated rings. The van der Waals surface area contributed by atoms with Crippen molar-refractivity contribution < 1.29 is 4.79 Å². The number of amides is 1. The number of nitrogens with zero attached hydrogens (tertiary/aromatic N) is 2. The summed E-state index contributed by atoms with van der Waals surface area (Å²) in [6.45, 7) is 0.832. The molecule has 1 aliphatic carbocycles. The van der Waals surface area contributed by atoms with E-state index >= 15 is 0 Å². The molecule has 0 bridgehead atoms.